The largest absolute Gasteiger partial charge is 0.507 e. The molecule has 10 nitrogen and oxygen atoms in total. The first-order valence-electron chi connectivity index (χ1n) is 8.98. The van der Waals surface area contributed by atoms with Crippen molar-refractivity contribution in [1.82, 2.24) is 0 Å². The third-order valence-electron chi connectivity index (χ3n) is 5.05. The van der Waals surface area contributed by atoms with Crippen LogP contribution < -0.4 is 4.74 Å². The normalized spacial score (nSPS) is 33.8. The second kappa shape index (κ2) is 8.36. The number of aromatic hydroxyl groups is 1. The lowest BCUT2D eigenvalue weighted by atomic mass is 9.99. The summed E-state index contributed by atoms with van der Waals surface area (Å²) in [4.78, 5) is 11.6. The number of carbonyl (C=O) groups is 1. The smallest absolute Gasteiger partial charge is 0.187 e. The number of ether oxygens (including phenoxy) is 3. The minimum atomic E-state index is -1.58. The predicted molar refractivity (Wildman–Crippen MR) is 96.3 cm³/mol. The van der Waals surface area contributed by atoms with Crippen molar-refractivity contribution >= 4 is 5.78 Å². The average molecular weight is 412 g/mol. The number of phenolic OH excluding ortho intramolecular Hbond substituents is 1. The Morgan fingerprint density at radius 1 is 1.17 bits per heavy atom. The van der Waals surface area contributed by atoms with Crippen LogP contribution in [0.5, 0.6) is 11.5 Å². The first-order valence-corrected chi connectivity index (χ1v) is 8.98. The third kappa shape index (κ3) is 4.01. The van der Waals surface area contributed by atoms with Gasteiger partial charge in [-0.2, -0.15) is 0 Å². The molecule has 2 aliphatic rings. The highest BCUT2D eigenvalue weighted by atomic mass is 16.7. The molecule has 0 amide bonds. The van der Waals surface area contributed by atoms with Crippen molar-refractivity contribution in [2.24, 2.45) is 0 Å². The highest BCUT2D eigenvalue weighted by Crippen LogP contribution is 2.42. The van der Waals surface area contributed by atoms with Crippen LogP contribution in [0.4, 0.5) is 0 Å². The maximum atomic E-state index is 11.6. The van der Waals surface area contributed by atoms with E-state index in [1.165, 1.54) is 19.1 Å². The van der Waals surface area contributed by atoms with Crippen molar-refractivity contribution in [3.05, 3.63) is 35.4 Å². The van der Waals surface area contributed by atoms with Crippen LogP contribution in [0, 0.1) is 0 Å². The molecule has 1 fully saturated rings. The predicted octanol–water partition coefficient (Wildman–Crippen LogP) is -1.24. The number of hydrogen-bond donors (Lipinski definition) is 6. The van der Waals surface area contributed by atoms with Gasteiger partial charge in [0.1, 0.15) is 42.0 Å². The highest BCUT2D eigenvalue weighted by molar-refractivity contribution is 5.97. The lowest BCUT2D eigenvalue weighted by Gasteiger charge is -2.39. The fourth-order valence-corrected chi connectivity index (χ4v) is 3.35. The van der Waals surface area contributed by atoms with Crippen LogP contribution in [-0.4, -0.2) is 86.4 Å². The van der Waals surface area contributed by atoms with Crippen molar-refractivity contribution in [3.8, 4) is 11.5 Å². The highest BCUT2D eigenvalue weighted by Gasteiger charge is 2.44. The molecule has 160 valence electrons. The van der Waals surface area contributed by atoms with Crippen molar-refractivity contribution < 1.29 is 49.6 Å². The summed E-state index contributed by atoms with van der Waals surface area (Å²) in [5.74, 6) is -0.418. The molecule has 2 heterocycles. The summed E-state index contributed by atoms with van der Waals surface area (Å²) in [6, 6.07) is 2.59. The molecule has 10 heteroatoms. The van der Waals surface area contributed by atoms with Crippen molar-refractivity contribution in [1.29, 1.82) is 0 Å². The molecule has 3 rings (SSSR count). The quantitative estimate of drug-likeness (QED) is 0.246. The molecule has 1 aromatic rings. The number of ketones is 1. The van der Waals surface area contributed by atoms with E-state index in [-0.39, 0.29) is 40.6 Å². The number of carbonyl (C=O) groups excluding carboxylic acids is 1. The molecule has 0 aromatic heterocycles. The Balaban J connectivity index is 1.66. The summed E-state index contributed by atoms with van der Waals surface area (Å²) in [6.45, 7) is 4.25. The van der Waals surface area contributed by atoms with Crippen LogP contribution in [0.15, 0.2) is 24.3 Å². The number of benzene rings is 1. The third-order valence-corrected chi connectivity index (χ3v) is 5.05. The van der Waals surface area contributed by atoms with Gasteiger partial charge in [-0.1, -0.05) is 6.58 Å². The van der Waals surface area contributed by atoms with Gasteiger partial charge in [-0.15, -0.1) is 0 Å². The number of hydrogen-bond acceptors (Lipinski definition) is 10. The lowest BCUT2D eigenvalue weighted by Crippen LogP contribution is -2.59. The van der Waals surface area contributed by atoms with Gasteiger partial charge in [0.2, 0.25) is 0 Å². The Morgan fingerprint density at radius 2 is 1.86 bits per heavy atom. The number of Topliss-reactive ketones (excluding diaryl/α,β-unsaturated/α-hetero) is 1. The van der Waals surface area contributed by atoms with E-state index >= 15 is 0 Å². The summed E-state index contributed by atoms with van der Waals surface area (Å²) in [6.07, 6.45) is -9.24. The maximum absolute atomic E-state index is 11.6. The lowest BCUT2D eigenvalue weighted by molar-refractivity contribution is -0.299. The van der Waals surface area contributed by atoms with E-state index < -0.39 is 49.5 Å². The van der Waals surface area contributed by atoms with E-state index in [0.29, 0.717) is 0 Å². The molecule has 0 saturated carbocycles. The van der Waals surface area contributed by atoms with Gasteiger partial charge in [0, 0.05) is 5.56 Å². The average Bonchev–Trinajstić information content (AvgIpc) is 3.00. The van der Waals surface area contributed by atoms with Gasteiger partial charge in [0.15, 0.2) is 18.2 Å². The maximum Gasteiger partial charge on any atom is 0.187 e. The molecule has 1 saturated heterocycles. The van der Waals surface area contributed by atoms with Crippen molar-refractivity contribution in [3.63, 3.8) is 0 Å². The van der Waals surface area contributed by atoms with E-state index in [9.17, 15) is 35.4 Å². The molecule has 1 aromatic carbocycles. The minimum absolute atomic E-state index is 0.0554. The van der Waals surface area contributed by atoms with Gasteiger partial charge in [0.25, 0.3) is 0 Å². The van der Waals surface area contributed by atoms with Gasteiger partial charge >= 0.3 is 0 Å². The zero-order chi connectivity index (χ0) is 21.5. The monoisotopic (exact) mass is 412 g/mol. The molecule has 0 bridgehead atoms. The van der Waals surface area contributed by atoms with Gasteiger partial charge in [-0.25, -0.2) is 0 Å². The number of aliphatic hydroxyl groups is 5. The molecule has 2 aliphatic heterocycles. The molecular weight excluding hydrogens is 388 g/mol. The fraction of sp³-hybridized carbons (Fsp3) is 0.526. The van der Waals surface area contributed by atoms with Gasteiger partial charge in [-0.05, 0) is 24.6 Å². The molecule has 7 atom stereocenters. The SMILES string of the molecule is C=C(CO[C@@H]1O[C@H](CO)[C@@H](O)[C@H](O)[C@H]1O)C1Oc2cc(C(C)=O)c(O)cc2C1O. The van der Waals surface area contributed by atoms with Gasteiger partial charge in [0.05, 0.1) is 18.8 Å². The fourth-order valence-electron chi connectivity index (χ4n) is 3.35. The Labute approximate surface area is 166 Å². The molecule has 29 heavy (non-hydrogen) atoms. The first-order chi connectivity index (χ1) is 13.6. The summed E-state index contributed by atoms with van der Waals surface area (Å²) < 4.78 is 16.3. The number of fused-ring (bicyclic) bond motifs is 1. The summed E-state index contributed by atoms with van der Waals surface area (Å²) in [5, 5.41) is 59.2. The van der Waals surface area contributed by atoms with Crippen LogP contribution in [-0.2, 0) is 9.47 Å². The van der Waals surface area contributed by atoms with Crippen LogP contribution in [0.25, 0.3) is 0 Å². The van der Waals surface area contributed by atoms with E-state index in [1.54, 1.807) is 0 Å². The standard InChI is InChI=1S/C19H24O10/c1-7(6-27-19-17(26)16(25)15(24)13(5-20)29-19)18-14(23)10-3-11(22)9(8(2)21)4-12(10)28-18/h3-4,13-20,22-26H,1,5-6H2,2H3/t13-,14?,15-,16+,17-,18?,19-/m1/s1. The van der Waals surface area contributed by atoms with E-state index in [2.05, 4.69) is 6.58 Å². The molecule has 6 N–H and O–H groups in total. The second-order valence-corrected chi connectivity index (χ2v) is 7.11. The summed E-state index contributed by atoms with van der Waals surface area (Å²) >= 11 is 0. The molecule has 0 radical (unpaired) electrons. The van der Waals surface area contributed by atoms with Crippen LogP contribution in [0.3, 0.4) is 0 Å². The van der Waals surface area contributed by atoms with E-state index in [1.807, 2.05) is 0 Å². The zero-order valence-electron chi connectivity index (χ0n) is 15.6. The Bertz CT molecular complexity index is 791. The van der Waals surface area contributed by atoms with Gasteiger partial charge in [-0.3, -0.25) is 4.79 Å². The Morgan fingerprint density at radius 3 is 2.48 bits per heavy atom. The number of phenols is 1. The first kappa shape index (κ1) is 21.7. The summed E-state index contributed by atoms with van der Waals surface area (Å²) in [7, 11) is 0. The molecule has 0 aliphatic carbocycles. The zero-order valence-corrected chi connectivity index (χ0v) is 15.6. The van der Waals surface area contributed by atoms with Crippen LogP contribution in [0.1, 0.15) is 28.9 Å². The van der Waals surface area contributed by atoms with Crippen molar-refractivity contribution in [2.45, 2.75) is 49.8 Å². The van der Waals surface area contributed by atoms with E-state index in [4.69, 9.17) is 14.2 Å². The van der Waals surface area contributed by atoms with E-state index in [0.717, 1.165) is 0 Å². The summed E-state index contributed by atoms with van der Waals surface area (Å²) in [5.41, 5.74) is 0.598. The number of rotatable bonds is 6. The van der Waals surface area contributed by atoms with Gasteiger partial charge < -0.3 is 44.8 Å². The minimum Gasteiger partial charge on any atom is -0.507 e. The Kier molecular flexibility index (Phi) is 6.24. The molecule has 2 unspecified atom stereocenters. The molecule has 0 spiro atoms. The van der Waals surface area contributed by atoms with Crippen LogP contribution in [0.2, 0.25) is 0 Å². The Hall–Kier alpha value is -2.05. The second-order valence-electron chi connectivity index (χ2n) is 7.11. The topological polar surface area (TPSA) is 166 Å². The number of aliphatic hydroxyl groups excluding tert-OH is 5. The van der Waals surface area contributed by atoms with Crippen LogP contribution >= 0.6 is 0 Å². The van der Waals surface area contributed by atoms with Crippen molar-refractivity contribution in [2.75, 3.05) is 13.2 Å². The molecular formula is C19H24O10.